The molecule has 0 bridgehead atoms. The second-order valence-electron chi connectivity index (χ2n) is 4.18. The van der Waals surface area contributed by atoms with Gasteiger partial charge in [0.15, 0.2) is 0 Å². The summed E-state index contributed by atoms with van der Waals surface area (Å²) in [5, 5.41) is 3.27. The monoisotopic (exact) mass is 200 g/mol. The lowest BCUT2D eigenvalue weighted by Crippen LogP contribution is -2.45. The van der Waals surface area contributed by atoms with Gasteiger partial charge in [0, 0.05) is 25.2 Å². The van der Waals surface area contributed by atoms with Crippen molar-refractivity contribution in [1.82, 2.24) is 10.2 Å². The quantitative estimate of drug-likeness (QED) is 0.695. The minimum Gasteiger partial charge on any atom is -0.380 e. The van der Waals surface area contributed by atoms with Gasteiger partial charge < -0.3 is 10.1 Å². The molecule has 0 aliphatic carbocycles. The SMILES string of the molecule is CCCC(CNC)N(C)C1CCOC1. The molecule has 3 nitrogen and oxygen atoms in total. The highest BCUT2D eigenvalue weighted by Crippen LogP contribution is 2.15. The lowest BCUT2D eigenvalue weighted by molar-refractivity contribution is 0.127. The molecule has 84 valence electrons. The van der Waals surface area contributed by atoms with Gasteiger partial charge in [-0.15, -0.1) is 0 Å². The fourth-order valence-corrected chi connectivity index (χ4v) is 2.16. The summed E-state index contributed by atoms with van der Waals surface area (Å²) in [7, 11) is 4.26. The summed E-state index contributed by atoms with van der Waals surface area (Å²) in [6.45, 7) is 5.19. The summed E-state index contributed by atoms with van der Waals surface area (Å²) in [6, 6.07) is 1.30. The van der Waals surface area contributed by atoms with E-state index in [1.165, 1.54) is 19.3 Å². The lowest BCUT2D eigenvalue weighted by atomic mass is 10.1. The van der Waals surface area contributed by atoms with E-state index in [0.717, 1.165) is 19.8 Å². The first-order valence-electron chi connectivity index (χ1n) is 5.73. The molecule has 1 rings (SSSR count). The van der Waals surface area contributed by atoms with Crippen molar-refractivity contribution in [3.8, 4) is 0 Å². The third-order valence-electron chi connectivity index (χ3n) is 3.12. The molecule has 0 aromatic rings. The Morgan fingerprint density at radius 1 is 1.57 bits per heavy atom. The molecule has 2 atom stereocenters. The average Bonchev–Trinajstić information content (AvgIpc) is 2.69. The van der Waals surface area contributed by atoms with E-state index in [4.69, 9.17) is 4.74 Å². The molecule has 0 amide bonds. The predicted octanol–water partition coefficient (Wildman–Crippen LogP) is 1.10. The van der Waals surface area contributed by atoms with Crippen LogP contribution in [0.5, 0.6) is 0 Å². The number of hydrogen-bond donors (Lipinski definition) is 1. The second kappa shape index (κ2) is 6.38. The molecule has 1 fully saturated rings. The van der Waals surface area contributed by atoms with Crippen LogP contribution in [0.25, 0.3) is 0 Å². The Morgan fingerprint density at radius 2 is 2.36 bits per heavy atom. The van der Waals surface area contributed by atoms with E-state index in [2.05, 4.69) is 24.2 Å². The largest absolute Gasteiger partial charge is 0.380 e. The molecule has 3 heteroatoms. The van der Waals surface area contributed by atoms with Gasteiger partial charge in [0.25, 0.3) is 0 Å². The van der Waals surface area contributed by atoms with Crippen LogP contribution in [0.3, 0.4) is 0 Å². The van der Waals surface area contributed by atoms with Crippen LogP contribution < -0.4 is 5.32 Å². The van der Waals surface area contributed by atoms with Crippen LogP contribution in [-0.4, -0.2) is 50.8 Å². The van der Waals surface area contributed by atoms with E-state index in [1.54, 1.807) is 0 Å². The van der Waals surface area contributed by atoms with Gasteiger partial charge in [-0.05, 0) is 26.9 Å². The Kier molecular flexibility index (Phi) is 5.45. The molecule has 0 aromatic carbocycles. The van der Waals surface area contributed by atoms with Gasteiger partial charge in [0.2, 0.25) is 0 Å². The highest BCUT2D eigenvalue weighted by atomic mass is 16.5. The van der Waals surface area contributed by atoms with Crippen LogP contribution in [-0.2, 0) is 4.74 Å². The lowest BCUT2D eigenvalue weighted by Gasteiger charge is -2.32. The highest BCUT2D eigenvalue weighted by Gasteiger charge is 2.25. The number of nitrogens with zero attached hydrogens (tertiary/aromatic N) is 1. The van der Waals surface area contributed by atoms with Crippen LogP contribution in [0.2, 0.25) is 0 Å². The molecular weight excluding hydrogens is 176 g/mol. The van der Waals surface area contributed by atoms with E-state index in [9.17, 15) is 0 Å². The zero-order chi connectivity index (χ0) is 10.4. The fourth-order valence-electron chi connectivity index (χ4n) is 2.16. The minimum absolute atomic E-state index is 0.639. The zero-order valence-electron chi connectivity index (χ0n) is 9.75. The maximum atomic E-state index is 5.42. The second-order valence-corrected chi connectivity index (χ2v) is 4.18. The topological polar surface area (TPSA) is 24.5 Å². The molecule has 0 aromatic heterocycles. The van der Waals surface area contributed by atoms with Crippen molar-refractivity contribution >= 4 is 0 Å². The molecule has 1 aliphatic rings. The van der Waals surface area contributed by atoms with Gasteiger partial charge in [-0.3, -0.25) is 4.90 Å². The van der Waals surface area contributed by atoms with Crippen LogP contribution in [0.15, 0.2) is 0 Å². The average molecular weight is 200 g/mol. The van der Waals surface area contributed by atoms with Crippen LogP contribution in [0.1, 0.15) is 26.2 Å². The molecule has 0 saturated carbocycles. The van der Waals surface area contributed by atoms with Gasteiger partial charge in [-0.25, -0.2) is 0 Å². The van der Waals surface area contributed by atoms with Gasteiger partial charge in [0.05, 0.1) is 6.61 Å². The summed E-state index contributed by atoms with van der Waals surface area (Å²) in [5.41, 5.74) is 0. The van der Waals surface area contributed by atoms with E-state index in [0.29, 0.717) is 12.1 Å². The highest BCUT2D eigenvalue weighted by molar-refractivity contribution is 4.80. The van der Waals surface area contributed by atoms with Crippen LogP contribution in [0.4, 0.5) is 0 Å². The third-order valence-corrected chi connectivity index (χ3v) is 3.12. The number of hydrogen-bond acceptors (Lipinski definition) is 3. The summed E-state index contributed by atoms with van der Waals surface area (Å²) in [5.74, 6) is 0. The van der Waals surface area contributed by atoms with Crippen molar-refractivity contribution in [2.75, 3.05) is 33.9 Å². The number of nitrogens with one attached hydrogen (secondary N) is 1. The normalized spacial score (nSPS) is 24.4. The molecule has 14 heavy (non-hydrogen) atoms. The van der Waals surface area contributed by atoms with Crippen molar-refractivity contribution in [1.29, 1.82) is 0 Å². The van der Waals surface area contributed by atoms with Gasteiger partial charge in [-0.2, -0.15) is 0 Å². The van der Waals surface area contributed by atoms with Crippen molar-refractivity contribution < 1.29 is 4.74 Å². The van der Waals surface area contributed by atoms with Crippen molar-refractivity contribution in [2.45, 2.75) is 38.3 Å². The molecule has 1 heterocycles. The first kappa shape index (κ1) is 12.0. The van der Waals surface area contributed by atoms with Gasteiger partial charge >= 0.3 is 0 Å². The molecule has 0 spiro atoms. The van der Waals surface area contributed by atoms with E-state index in [-0.39, 0.29) is 0 Å². The molecule has 1 aliphatic heterocycles. The zero-order valence-corrected chi connectivity index (χ0v) is 9.75. The Hall–Kier alpha value is -0.120. The van der Waals surface area contributed by atoms with Crippen molar-refractivity contribution in [3.05, 3.63) is 0 Å². The van der Waals surface area contributed by atoms with Crippen LogP contribution >= 0.6 is 0 Å². The summed E-state index contributed by atoms with van der Waals surface area (Å²) >= 11 is 0. The smallest absolute Gasteiger partial charge is 0.0622 e. The molecule has 1 saturated heterocycles. The standard InChI is InChI=1S/C11H24N2O/c1-4-5-10(8-12-2)13(3)11-6-7-14-9-11/h10-12H,4-9H2,1-3H3. The maximum absolute atomic E-state index is 5.42. The molecule has 2 unspecified atom stereocenters. The Balaban J connectivity index is 2.39. The van der Waals surface area contributed by atoms with Gasteiger partial charge in [-0.1, -0.05) is 13.3 Å². The summed E-state index contributed by atoms with van der Waals surface area (Å²) in [4.78, 5) is 2.49. The number of likely N-dealkylation sites (N-methyl/N-ethyl adjacent to an activating group) is 2. The third kappa shape index (κ3) is 3.23. The van der Waals surface area contributed by atoms with Crippen molar-refractivity contribution in [3.63, 3.8) is 0 Å². The number of rotatable bonds is 6. The minimum atomic E-state index is 0.639. The molecule has 1 N–H and O–H groups in total. The molecular formula is C11H24N2O. The Labute approximate surface area is 87.8 Å². The summed E-state index contributed by atoms with van der Waals surface area (Å²) < 4.78 is 5.42. The first-order valence-corrected chi connectivity index (χ1v) is 5.73. The predicted molar refractivity (Wildman–Crippen MR) is 59.6 cm³/mol. The summed E-state index contributed by atoms with van der Waals surface area (Å²) in [6.07, 6.45) is 3.72. The van der Waals surface area contributed by atoms with E-state index >= 15 is 0 Å². The maximum Gasteiger partial charge on any atom is 0.0622 e. The van der Waals surface area contributed by atoms with Crippen LogP contribution in [0, 0.1) is 0 Å². The Bertz CT molecular complexity index is 140. The first-order chi connectivity index (χ1) is 6.79. The fraction of sp³-hybridized carbons (Fsp3) is 1.00. The number of ether oxygens (including phenoxy) is 1. The van der Waals surface area contributed by atoms with E-state index < -0.39 is 0 Å². The van der Waals surface area contributed by atoms with Gasteiger partial charge in [0.1, 0.15) is 0 Å². The Morgan fingerprint density at radius 3 is 2.86 bits per heavy atom. The van der Waals surface area contributed by atoms with Crippen molar-refractivity contribution in [2.24, 2.45) is 0 Å². The van der Waals surface area contributed by atoms with E-state index in [1.807, 2.05) is 7.05 Å². The molecule has 0 radical (unpaired) electrons.